The number of aromatic nitrogens is 2. The van der Waals surface area contributed by atoms with E-state index in [1.165, 1.54) is 0 Å². The Morgan fingerprint density at radius 2 is 1.33 bits per heavy atom. The number of hydrogen-bond acceptors (Lipinski definition) is 2. The summed E-state index contributed by atoms with van der Waals surface area (Å²) in [5.41, 5.74) is 5.90. The van der Waals surface area contributed by atoms with Crippen molar-refractivity contribution in [2.75, 3.05) is 0 Å². The van der Waals surface area contributed by atoms with Crippen molar-refractivity contribution in [2.24, 2.45) is 0 Å². The Bertz CT molecular complexity index is 950. The van der Waals surface area contributed by atoms with Crippen LogP contribution in [0.4, 0.5) is 0 Å². The molecule has 2 aromatic carbocycles. The van der Waals surface area contributed by atoms with Crippen LogP contribution in [0.25, 0.3) is 27.9 Å². The third-order valence-corrected chi connectivity index (χ3v) is 4.10. The predicted molar refractivity (Wildman–Crippen MR) is 100 cm³/mol. The van der Waals surface area contributed by atoms with E-state index < -0.39 is 0 Å². The molecular weight excluding hydrogens is 292 g/mol. The molecule has 4 rings (SSSR count). The molecule has 0 atom stereocenters. The molecule has 0 N–H and O–H groups in total. The molecule has 0 amide bonds. The summed E-state index contributed by atoms with van der Waals surface area (Å²) in [6.07, 6.45) is 12.9. The largest absolute Gasteiger partial charge is 0.244 e. The molecule has 1 heterocycles. The Morgan fingerprint density at radius 1 is 0.667 bits per heavy atom. The quantitative estimate of drug-likeness (QED) is 0.617. The van der Waals surface area contributed by atoms with Crippen LogP contribution >= 0.6 is 0 Å². The number of nitrogens with zero attached hydrogens (tertiary/aromatic N) is 2. The molecule has 1 aromatic heterocycles. The van der Waals surface area contributed by atoms with Crippen LogP contribution in [0.1, 0.15) is 18.5 Å². The molecule has 0 saturated carbocycles. The molecule has 3 aromatic rings. The number of fused-ring (bicyclic) bond motifs is 1. The molecule has 0 unspecified atom stereocenters. The number of allylic oxidation sites excluding steroid dienone is 6. The van der Waals surface area contributed by atoms with Gasteiger partial charge in [-0.2, -0.15) is 0 Å². The molecule has 116 valence electrons. The molecule has 0 aliphatic heterocycles. The first-order valence-electron chi connectivity index (χ1n) is 8.28. The Balaban J connectivity index is 1.98. The van der Waals surface area contributed by atoms with Crippen molar-refractivity contribution < 1.29 is 0 Å². The standard InChI is InChI=1S/C22H18N2/c1-2-5-11-17(12-6-3-1)21-22(18-13-7-4-8-14-18)24-20-16-10-9-15-19(20)23-21/h2,4-16H,1,3H2/b5-2-,12-6-,17-11+. The topological polar surface area (TPSA) is 25.8 Å². The maximum Gasteiger partial charge on any atom is 0.0973 e. The van der Waals surface area contributed by atoms with Crippen molar-refractivity contribution in [3.8, 4) is 11.3 Å². The third kappa shape index (κ3) is 2.91. The molecular formula is C22H18N2. The van der Waals surface area contributed by atoms with Gasteiger partial charge in [-0.25, -0.2) is 9.97 Å². The maximum atomic E-state index is 4.93. The fourth-order valence-corrected chi connectivity index (χ4v) is 2.88. The SMILES string of the molecule is C1=C/CC\C=C/C(c2nc3ccccc3nc2-c2ccccc2)=C\1. The number of benzene rings is 2. The van der Waals surface area contributed by atoms with Gasteiger partial charge in [-0.15, -0.1) is 0 Å². The minimum Gasteiger partial charge on any atom is -0.244 e. The Morgan fingerprint density at radius 3 is 2.12 bits per heavy atom. The van der Waals surface area contributed by atoms with Crippen LogP contribution in [-0.2, 0) is 0 Å². The summed E-state index contributed by atoms with van der Waals surface area (Å²) in [5, 5.41) is 0. The summed E-state index contributed by atoms with van der Waals surface area (Å²) < 4.78 is 0. The van der Waals surface area contributed by atoms with Gasteiger partial charge in [0, 0.05) is 11.1 Å². The van der Waals surface area contributed by atoms with Gasteiger partial charge < -0.3 is 0 Å². The average molecular weight is 310 g/mol. The Hall–Kier alpha value is -3.00. The highest BCUT2D eigenvalue weighted by atomic mass is 14.8. The third-order valence-electron chi connectivity index (χ3n) is 4.10. The molecule has 0 saturated heterocycles. The lowest BCUT2D eigenvalue weighted by molar-refractivity contribution is 1.05. The summed E-state index contributed by atoms with van der Waals surface area (Å²) in [6, 6.07) is 18.3. The second kappa shape index (κ2) is 6.63. The van der Waals surface area contributed by atoms with Gasteiger partial charge in [0.05, 0.1) is 22.4 Å². The fraction of sp³-hybridized carbons (Fsp3) is 0.0909. The zero-order valence-corrected chi connectivity index (χ0v) is 13.4. The first kappa shape index (κ1) is 14.6. The zero-order chi connectivity index (χ0) is 16.2. The lowest BCUT2D eigenvalue weighted by Crippen LogP contribution is -1.98. The second-order valence-electron chi connectivity index (χ2n) is 5.81. The van der Waals surface area contributed by atoms with E-state index in [9.17, 15) is 0 Å². The average Bonchev–Trinajstić information content (AvgIpc) is 2.61. The lowest BCUT2D eigenvalue weighted by atomic mass is 10.0. The Kier molecular flexibility index (Phi) is 4.03. The summed E-state index contributed by atoms with van der Waals surface area (Å²) in [6.45, 7) is 0. The molecule has 0 bridgehead atoms. The van der Waals surface area contributed by atoms with Gasteiger partial charge in [0.25, 0.3) is 0 Å². The number of hydrogen-bond donors (Lipinski definition) is 0. The van der Waals surface area contributed by atoms with Crippen LogP contribution in [0.15, 0.2) is 85.0 Å². The maximum absolute atomic E-state index is 4.93. The number of para-hydroxylation sites is 2. The van der Waals surface area contributed by atoms with E-state index in [1.54, 1.807) is 0 Å². The highest BCUT2D eigenvalue weighted by molar-refractivity contribution is 5.87. The van der Waals surface area contributed by atoms with E-state index in [-0.39, 0.29) is 0 Å². The zero-order valence-electron chi connectivity index (χ0n) is 13.4. The van der Waals surface area contributed by atoms with E-state index in [0.717, 1.165) is 46.4 Å². The first-order valence-corrected chi connectivity index (χ1v) is 8.28. The highest BCUT2D eigenvalue weighted by Gasteiger charge is 2.13. The van der Waals surface area contributed by atoms with Crippen molar-refractivity contribution in [1.29, 1.82) is 0 Å². The van der Waals surface area contributed by atoms with Crippen molar-refractivity contribution >= 4 is 16.6 Å². The van der Waals surface area contributed by atoms with Crippen molar-refractivity contribution in [3.63, 3.8) is 0 Å². The normalized spacial score (nSPS) is 19.1. The summed E-state index contributed by atoms with van der Waals surface area (Å²) >= 11 is 0. The minimum atomic E-state index is 0.922. The van der Waals surface area contributed by atoms with Gasteiger partial charge in [-0.1, -0.05) is 72.8 Å². The van der Waals surface area contributed by atoms with E-state index in [0.29, 0.717) is 0 Å². The minimum absolute atomic E-state index is 0.922. The van der Waals surface area contributed by atoms with Crippen LogP contribution < -0.4 is 0 Å². The molecule has 2 nitrogen and oxygen atoms in total. The summed E-state index contributed by atoms with van der Waals surface area (Å²) in [7, 11) is 0. The molecule has 0 spiro atoms. The predicted octanol–water partition coefficient (Wildman–Crippen LogP) is 5.59. The van der Waals surface area contributed by atoms with E-state index in [2.05, 4.69) is 42.5 Å². The van der Waals surface area contributed by atoms with Crippen LogP contribution in [-0.4, -0.2) is 9.97 Å². The van der Waals surface area contributed by atoms with Gasteiger partial charge in [-0.05, 0) is 25.0 Å². The van der Waals surface area contributed by atoms with Crippen LogP contribution in [0.5, 0.6) is 0 Å². The highest BCUT2D eigenvalue weighted by Crippen LogP contribution is 2.29. The molecule has 1 aliphatic carbocycles. The van der Waals surface area contributed by atoms with Crippen LogP contribution in [0, 0.1) is 0 Å². The molecule has 0 radical (unpaired) electrons. The molecule has 1 aliphatic rings. The fourth-order valence-electron chi connectivity index (χ4n) is 2.88. The summed E-state index contributed by atoms with van der Waals surface area (Å²) in [5.74, 6) is 0. The van der Waals surface area contributed by atoms with E-state index in [1.807, 2.05) is 42.5 Å². The molecule has 0 fully saturated rings. The lowest BCUT2D eigenvalue weighted by Gasteiger charge is -2.11. The van der Waals surface area contributed by atoms with Gasteiger partial charge in [-0.3, -0.25) is 0 Å². The molecule has 2 heteroatoms. The van der Waals surface area contributed by atoms with Crippen LogP contribution in [0.3, 0.4) is 0 Å². The second-order valence-corrected chi connectivity index (χ2v) is 5.81. The van der Waals surface area contributed by atoms with Gasteiger partial charge in [0.15, 0.2) is 0 Å². The Labute approximate surface area is 141 Å². The van der Waals surface area contributed by atoms with Gasteiger partial charge in [0.2, 0.25) is 0 Å². The van der Waals surface area contributed by atoms with E-state index in [4.69, 9.17) is 9.97 Å². The monoisotopic (exact) mass is 310 g/mol. The summed E-state index contributed by atoms with van der Waals surface area (Å²) in [4.78, 5) is 9.84. The smallest absolute Gasteiger partial charge is 0.0973 e. The van der Waals surface area contributed by atoms with Crippen molar-refractivity contribution in [1.82, 2.24) is 9.97 Å². The molecule has 24 heavy (non-hydrogen) atoms. The van der Waals surface area contributed by atoms with Crippen molar-refractivity contribution in [3.05, 3.63) is 90.7 Å². The number of rotatable bonds is 2. The van der Waals surface area contributed by atoms with Crippen molar-refractivity contribution in [2.45, 2.75) is 12.8 Å². The van der Waals surface area contributed by atoms with E-state index >= 15 is 0 Å². The van der Waals surface area contributed by atoms with Gasteiger partial charge >= 0.3 is 0 Å². The van der Waals surface area contributed by atoms with Gasteiger partial charge in [0.1, 0.15) is 0 Å². The van der Waals surface area contributed by atoms with Crippen LogP contribution in [0.2, 0.25) is 0 Å². The first-order chi connectivity index (χ1) is 11.9.